The molecule has 0 aromatic rings. The molecule has 0 atom stereocenters. The van der Waals surface area contributed by atoms with Crippen LogP contribution in [0.15, 0.2) is 11.6 Å². The topological polar surface area (TPSA) is 0 Å². The number of halogens is 1. The van der Waals surface area contributed by atoms with E-state index in [1.165, 1.54) is 18.4 Å². The van der Waals surface area contributed by atoms with Gasteiger partial charge in [0.05, 0.1) is 0 Å². The monoisotopic (exact) mass is 174 g/mol. The van der Waals surface area contributed by atoms with Gasteiger partial charge in [-0.05, 0) is 47.0 Å². The van der Waals surface area contributed by atoms with E-state index in [0.29, 0.717) is 0 Å². The maximum absolute atomic E-state index is 6.04. The van der Waals surface area contributed by atoms with Gasteiger partial charge in [0.15, 0.2) is 0 Å². The van der Waals surface area contributed by atoms with E-state index in [0.717, 1.165) is 6.42 Å². The Labute approximate surface area is 75.6 Å². The summed E-state index contributed by atoms with van der Waals surface area (Å²) in [5, 5.41) is 0. The van der Waals surface area contributed by atoms with Crippen LogP contribution in [0.2, 0.25) is 0 Å². The van der Waals surface area contributed by atoms with E-state index < -0.39 is 0 Å². The molecule has 0 amide bonds. The minimum Gasteiger partial charge on any atom is -0.120 e. The minimum absolute atomic E-state index is 0.0198. The van der Waals surface area contributed by atoms with Crippen LogP contribution in [-0.4, -0.2) is 4.87 Å². The predicted octanol–water partition coefficient (Wildman–Crippen LogP) is 4.14. The standard InChI is InChI=1S/C10H19Cl/c1-5-9(2)7-6-8-10(3,4)11/h5H,6-8H2,1-4H3. The van der Waals surface area contributed by atoms with Gasteiger partial charge < -0.3 is 0 Å². The van der Waals surface area contributed by atoms with Crippen molar-refractivity contribution in [2.45, 2.75) is 51.8 Å². The van der Waals surface area contributed by atoms with Gasteiger partial charge in [0, 0.05) is 4.87 Å². The van der Waals surface area contributed by atoms with E-state index in [-0.39, 0.29) is 4.87 Å². The largest absolute Gasteiger partial charge is 0.120 e. The van der Waals surface area contributed by atoms with Gasteiger partial charge in [0.1, 0.15) is 0 Å². The lowest BCUT2D eigenvalue weighted by Gasteiger charge is -2.14. The van der Waals surface area contributed by atoms with Gasteiger partial charge in [-0.2, -0.15) is 0 Å². The van der Waals surface area contributed by atoms with E-state index in [4.69, 9.17) is 11.6 Å². The van der Waals surface area contributed by atoms with Gasteiger partial charge in [-0.3, -0.25) is 0 Å². The molecule has 0 nitrogen and oxygen atoms in total. The second-order valence-corrected chi connectivity index (χ2v) is 4.73. The van der Waals surface area contributed by atoms with Crippen molar-refractivity contribution in [1.29, 1.82) is 0 Å². The lowest BCUT2D eigenvalue weighted by Crippen LogP contribution is -2.08. The molecule has 0 aromatic heterocycles. The number of allylic oxidation sites excluding steroid dienone is 2. The third-order valence-corrected chi connectivity index (χ3v) is 2.02. The van der Waals surface area contributed by atoms with Gasteiger partial charge >= 0.3 is 0 Å². The number of hydrogen-bond donors (Lipinski definition) is 0. The molecular weight excluding hydrogens is 156 g/mol. The first-order chi connectivity index (χ1) is 4.95. The highest BCUT2D eigenvalue weighted by atomic mass is 35.5. The summed E-state index contributed by atoms with van der Waals surface area (Å²) >= 11 is 6.04. The molecule has 0 bridgehead atoms. The Morgan fingerprint density at radius 2 is 2.00 bits per heavy atom. The molecule has 0 unspecified atom stereocenters. The molecule has 0 aliphatic carbocycles. The van der Waals surface area contributed by atoms with Gasteiger partial charge in [-0.15, -0.1) is 11.6 Å². The Hall–Kier alpha value is 0.0300. The molecule has 0 aliphatic rings. The summed E-state index contributed by atoms with van der Waals surface area (Å²) in [5.41, 5.74) is 1.46. The number of alkyl halides is 1. The molecule has 0 N–H and O–H groups in total. The van der Waals surface area contributed by atoms with Crippen molar-refractivity contribution in [3.05, 3.63) is 11.6 Å². The molecule has 0 saturated heterocycles. The molecule has 0 aromatic carbocycles. The van der Waals surface area contributed by atoms with Crippen molar-refractivity contribution in [2.75, 3.05) is 0 Å². The van der Waals surface area contributed by atoms with Crippen LogP contribution in [0.3, 0.4) is 0 Å². The van der Waals surface area contributed by atoms with Crippen molar-refractivity contribution in [1.82, 2.24) is 0 Å². The first-order valence-electron chi connectivity index (χ1n) is 4.26. The molecular formula is C10H19Cl. The maximum Gasteiger partial charge on any atom is 0.0390 e. The van der Waals surface area contributed by atoms with Gasteiger partial charge in [-0.1, -0.05) is 11.6 Å². The molecule has 0 rings (SSSR count). The Morgan fingerprint density at radius 1 is 1.45 bits per heavy atom. The molecule has 0 aliphatic heterocycles. The molecule has 1 heteroatoms. The van der Waals surface area contributed by atoms with E-state index >= 15 is 0 Å². The predicted molar refractivity (Wildman–Crippen MR) is 53.2 cm³/mol. The average molecular weight is 175 g/mol. The van der Waals surface area contributed by atoms with Crippen LogP contribution in [0.5, 0.6) is 0 Å². The van der Waals surface area contributed by atoms with Crippen LogP contribution >= 0.6 is 11.6 Å². The molecule has 66 valence electrons. The molecule has 11 heavy (non-hydrogen) atoms. The number of rotatable bonds is 4. The minimum atomic E-state index is -0.0198. The molecule has 0 heterocycles. The van der Waals surface area contributed by atoms with Crippen LogP contribution in [0.25, 0.3) is 0 Å². The summed E-state index contributed by atoms with van der Waals surface area (Å²) in [6.45, 7) is 8.39. The summed E-state index contributed by atoms with van der Waals surface area (Å²) < 4.78 is 0. The third-order valence-electron chi connectivity index (χ3n) is 1.84. The zero-order chi connectivity index (χ0) is 8.91. The first kappa shape index (κ1) is 11.0. The summed E-state index contributed by atoms with van der Waals surface area (Å²) in [6.07, 6.45) is 5.65. The molecule has 0 radical (unpaired) electrons. The fourth-order valence-electron chi connectivity index (χ4n) is 0.932. The van der Waals surface area contributed by atoms with Crippen molar-refractivity contribution >= 4 is 11.6 Å². The fraction of sp³-hybridized carbons (Fsp3) is 0.800. The zero-order valence-electron chi connectivity index (χ0n) is 8.08. The summed E-state index contributed by atoms with van der Waals surface area (Å²) in [4.78, 5) is -0.0198. The van der Waals surface area contributed by atoms with Crippen LogP contribution in [-0.2, 0) is 0 Å². The van der Waals surface area contributed by atoms with Crippen LogP contribution < -0.4 is 0 Å². The molecule has 0 spiro atoms. The quantitative estimate of drug-likeness (QED) is 0.444. The summed E-state index contributed by atoms with van der Waals surface area (Å²) in [6, 6.07) is 0. The normalized spacial score (nSPS) is 13.7. The van der Waals surface area contributed by atoms with Crippen molar-refractivity contribution in [3.8, 4) is 0 Å². The van der Waals surface area contributed by atoms with Crippen molar-refractivity contribution in [2.24, 2.45) is 0 Å². The lowest BCUT2D eigenvalue weighted by atomic mass is 10.0. The Morgan fingerprint density at radius 3 is 2.36 bits per heavy atom. The van der Waals surface area contributed by atoms with Gasteiger partial charge in [0.2, 0.25) is 0 Å². The lowest BCUT2D eigenvalue weighted by molar-refractivity contribution is 0.590. The molecule has 0 saturated carbocycles. The van der Waals surface area contributed by atoms with Crippen LogP contribution in [0.4, 0.5) is 0 Å². The Balaban J connectivity index is 3.43. The highest BCUT2D eigenvalue weighted by molar-refractivity contribution is 6.23. The van der Waals surface area contributed by atoms with Crippen LogP contribution in [0, 0.1) is 0 Å². The first-order valence-corrected chi connectivity index (χ1v) is 4.64. The Kier molecular flexibility index (Phi) is 4.83. The van der Waals surface area contributed by atoms with Crippen LogP contribution in [0.1, 0.15) is 47.0 Å². The van der Waals surface area contributed by atoms with Gasteiger partial charge in [-0.25, -0.2) is 0 Å². The number of hydrogen-bond acceptors (Lipinski definition) is 0. The van der Waals surface area contributed by atoms with E-state index in [1.54, 1.807) is 0 Å². The van der Waals surface area contributed by atoms with E-state index in [1.807, 2.05) is 0 Å². The van der Waals surface area contributed by atoms with Crippen molar-refractivity contribution < 1.29 is 0 Å². The highest BCUT2D eigenvalue weighted by Crippen LogP contribution is 2.21. The maximum atomic E-state index is 6.04. The highest BCUT2D eigenvalue weighted by Gasteiger charge is 2.11. The van der Waals surface area contributed by atoms with E-state index in [2.05, 4.69) is 33.8 Å². The molecule has 0 fully saturated rings. The zero-order valence-corrected chi connectivity index (χ0v) is 8.83. The average Bonchev–Trinajstić information content (AvgIpc) is 1.85. The second-order valence-electron chi connectivity index (χ2n) is 3.71. The van der Waals surface area contributed by atoms with E-state index in [9.17, 15) is 0 Å². The van der Waals surface area contributed by atoms with Gasteiger partial charge in [0.25, 0.3) is 0 Å². The second kappa shape index (κ2) is 4.82. The smallest absolute Gasteiger partial charge is 0.0390 e. The fourth-order valence-corrected chi connectivity index (χ4v) is 1.07. The summed E-state index contributed by atoms with van der Waals surface area (Å²) in [7, 11) is 0. The third kappa shape index (κ3) is 7.93. The SMILES string of the molecule is CC=C(C)CCCC(C)(C)Cl. The van der Waals surface area contributed by atoms with Crippen molar-refractivity contribution in [3.63, 3.8) is 0 Å². The Bertz CT molecular complexity index is 128. The summed E-state index contributed by atoms with van der Waals surface area (Å²) in [5.74, 6) is 0.